The molecule has 1 aliphatic rings. The molecule has 9 heteroatoms. The second-order valence-electron chi connectivity index (χ2n) is 6.44. The minimum Gasteiger partial charge on any atom is -0.497 e. The minimum atomic E-state index is -4.62. The third-order valence-electron chi connectivity index (χ3n) is 4.29. The summed E-state index contributed by atoms with van der Waals surface area (Å²) in [7, 11) is 1.55. The first-order valence-corrected chi connectivity index (χ1v) is 8.61. The molecule has 1 saturated carbocycles. The monoisotopic (exact) mass is 387 g/mol. The van der Waals surface area contributed by atoms with Crippen molar-refractivity contribution >= 4 is 11.5 Å². The highest BCUT2D eigenvalue weighted by molar-refractivity contribution is 5.63. The summed E-state index contributed by atoms with van der Waals surface area (Å²) >= 11 is 0. The molecule has 0 aliphatic heterocycles. The first-order chi connectivity index (χ1) is 13.4. The van der Waals surface area contributed by atoms with E-state index in [4.69, 9.17) is 4.74 Å². The molecule has 6 nitrogen and oxygen atoms in total. The van der Waals surface area contributed by atoms with Crippen LogP contribution in [-0.2, 0) is 6.18 Å². The van der Waals surface area contributed by atoms with Crippen LogP contribution in [0.25, 0.3) is 11.5 Å². The summed E-state index contributed by atoms with van der Waals surface area (Å²) in [6.45, 7) is 0. The highest BCUT2D eigenvalue weighted by atomic mass is 19.4. The van der Waals surface area contributed by atoms with Gasteiger partial charge >= 0.3 is 6.18 Å². The van der Waals surface area contributed by atoms with Crippen molar-refractivity contribution in [3.8, 4) is 17.3 Å². The summed E-state index contributed by atoms with van der Waals surface area (Å²) in [4.78, 5) is 15.7. The Bertz CT molecular complexity index is 991. The highest BCUT2D eigenvalue weighted by Gasteiger charge is 2.34. The zero-order chi connectivity index (χ0) is 19.7. The van der Waals surface area contributed by atoms with E-state index in [0.717, 1.165) is 24.5 Å². The number of aromatic nitrogens is 4. The maximum absolute atomic E-state index is 13.3. The van der Waals surface area contributed by atoms with Crippen LogP contribution in [0.2, 0.25) is 0 Å². The Balaban J connectivity index is 1.74. The van der Waals surface area contributed by atoms with Crippen molar-refractivity contribution < 1.29 is 17.9 Å². The fraction of sp³-hybridized carbons (Fsp3) is 0.263. The molecular formula is C19H16F3N5O. The topological polar surface area (TPSA) is 72.8 Å². The molecule has 0 amide bonds. The Morgan fingerprint density at radius 3 is 2.54 bits per heavy atom. The van der Waals surface area contributed by atoms with Crippen molar-refractivity contribution in [1.29, 1.82) is 0 Å². The molecule has 0 spiro atoms. The van der Waals surface area contributed by atoms with E-state index in [1.165, 1.54) is 18.6 Å². The van der Waals surface area contributed by atoms with E-state index in [9.17, 15) is 13.2 Å². The van der Waals surface area contributed by atoms with Gasteiger partial charge in [-0.3, -0.25) is 4.98 Å². The van der Waals surface area contributed by atoms with Crippen molar-refractivity contribution in [3.63, 3.8) is 0 Å². The largest absolute Gasteiger partial charge is 0.497 e. The molecule has 1 fully saturated rings. The third-order valence-corrected chi connectivity index (χ3v) is 4.29. The normalized spacial score (nSPS) is 14.0. The van der Waals surface area contributed by atoms with Gasteiger partial charge in [-0.25, -0.2) is 15.0 Å². The molecular weight excluding hydrogens is 371 g/mol. The number of halogens is 3. The Morgan fingerprint density at radius 2 is 1.89 bits per heavy atom. The van der Waals surface area contributed by atoms with Gasteiger partial charge in [0.25, 0.3) is 0 Å². The number of ether oxygens (including phenoxy) is 1. The van der Waals surface area contributed by atoms with E-state index in [1.54, 1.807) is 13.2 Å². The second kappa shape index (κ2) is 7.06. The van der Waals surface area contributed by atoms with Crippen LogP contribution in [-0.4, -0.2) is 27.0 Å². The number of nitrogens with zero attached hydrogens (tertiary/aromatic N) is 4. The minimum absolute atomic E-state index is 0.0120. The van der Waals surface area contributed by atoms with Crippen LogP contribution in [0, 0.1) is 0 Å². The number of benzene rings is 1. The maximum atomic E-state index is 13.3. The Hall–Kier alpha value is -3.23. The van der Waals surface area contributed by atoms with E-state index in [-0.39, 0.29) is 17.3 Å². The average Bonchev–Trinajstić information content (AvgIpc) is 3.53. The number of alkyl halides is 3. The van der Waals surface area contributed by atoms with Crippen LogP contribution in [0.5, 0.6) is 5.75 Å². The smallest absolute Gasteiger partial charge is 0.433 e. The number of anilines is 2. The van der Waals surface area contributed by atoms with Gasteiger partial charge in [-0.2, -0.15) is 13.2 Å². The summed E-state index contributed by atoms with van der Waals surface area (Å²) in [5, 5.41) is 2.95. The molecule has 3 aromatic rings. The lowest BCUT2D eigenvalue weighted by atomic mass is 10.1. The van der Waals surface area contributed by atoms with Gasteiger partial charge in [0.2, 0.25) is 0 Å². The van der Waals surface area contributed by atoms with Crippen LogP contribution in [0.1, 0.15) is 30.0 Å². The molecule has 1 N–H and O–H groups in total. The predicted octanol–water partition coefficient (Wildman–Crippen LogP) is 4.58. The second-order valence-corrected chi connectivity index (χ2v) is 6.44. The summed E-state index contributed by atoms with van der Waals surface area (Å²) in [6, 6.07) is 6.42. The molecule has 4 rings (SSSR count). The first kappa shape index (κ1) is 18.1. The SMILES string of the molecule is COc1cc(Nc2cc(C(F)(F)F)nc(-c3cnccn3)n2)cc(C2CC2)c1. The summed E-state index contributed by atoms with van der Waals surface area (Å²) in [6.07, 6.45) is 1.67. The van der Waals surface area contributed by atoms with E-state index >= 15 is 0 Å². The van der Waals surface area contributed by atoms with Gasteiger partial charge in [-0.15, -0.1) is 0 Å². The average molecular weight is 387 g/mol. The van der Waals surface area contributed by atoms with Crippen molar-refractivity contribution in [2.45, 2.75) is 24.9 Å². The Kier molecular flexibility index (Phi) is 4.58. The highest BCUT2D eigenvalue weighted by Crippen LogP contribution is 2.42. The Labute approximate surface area is 158 Å². The van der Waals surface area contributed by atoms with Gasteiger partial charge < -0.3 is 10.1 Å². The molecule has 2 heterocycles. The van der Waals surface area contributed by atoms with E-state index < -0.39 is 11.9 Å². The molecule has 28 heavy (non-hydrogen) atoms. The molecule has 0 atom stereocenters. The third kappa shape index (κ3) is 4.03. The van der Waals surface area contributed by atoms with E-state index in [0.29, 0.717) is 17.4 Å². The van der Waals surface area contributed by atoms with Crippen molar-refractivity contribution in [1.82, 2.24) is 19.9 Å². The number of hydrogen-bond donors (Lipinski definition) is 1. The molecule has 2 aromatic heterocycles. The standard InChI is InChI=1S/C19H16F3N5O/c1-28-14-7-12(11-2-3-11)6-13(8-14)25-17-9-16(19(20,21)22)26-18(27-17)15-10-23-4-5-24-15/h4-11H,2-3H2,1H3,(H,25,26,27). The predicted molar refractivity (Wildman–Crippen MR) is 96.3 cm³/mol. The first-order valence-electron chi connectivity index (χ1n) is 8.61. The lowest BCUT2D eigenvalue weighted by Gasteiger charge is -2.13. The molecule has 144 valence electrons. The Morgan fingerprint density at radius 1 is 1.07 bits per heavy atom. The zero-order valence-corrected chi connectivity index (χ0v) is 14.9. The molecule has 1 aliphatic carbocycles. The molecule has 1 aromatic carbocycles. The lowest BCUT2D eigenvalue weighted by Crippen LogP contribution is -2.11. The zero-order valence-electron chi connectivity index (χ0n) is 14.9. The number of methoxy groups -OCH3 is 1. The summed E-state index contributed by atoms with van der Waals surface area (Å²) in [5.41, 5.74) is 0.774. The van der Waals surface area contributed by atoms with E-state index in [2.05, 4.69) is 25.3 Å². The van der Waals surface area contributed by atoms with Gasteiger partial charge in [-0.1, -0.05) is 0 Å². The molecule has 0 saturated heterocycles. The maximum Gasteiger partial charge on any atom is 0.433 e. The number of hydrogen-bond acceptors (Lipinski definition) is 6. The van der Waals surface area contributed by atoms with Crippen molar-refractivity contribution in [2.75, 3.05) is 12.4 Å². The van der Waals surface area contributed by atoms with Crippen LogP contribution in [0.15, 0.2) is 42.9 Å². The van der Waals surface area contributed by atoms with Gasteiger partial charge in [0.1, 0.15) is 17.3 Å². The van der Waals surface area contributed by atoms with Gasteiger partial charge in [-0.05, 0) is 36.5 Å². The van der Waals surface area contributed by atoms with Crippen LogP contribution >= 0.6 is 0 Å². The van der Waals surface area contributed by atoms with E-state index in [1.807, 2.05) is 12.1 Å². The fourth-order valence-electron chi connectivity index (χ4n) is 2.80. The molecule has 0 radical (unpaired) electrons. The van der Waals surface area contributed by atoms with Gasteiger partial charge in [0.15, 0.2) is 11.5 Å². The van der Waals surface area contributed by atoms with Gasteiger partial charge in [0, 0.05) is 30.2 Å². The van der Waals surface area contributed by atoms with Crippen LogP contribution < -0.4 is 10.1 Å². The van der Waals surface area contributed by atoms with Gasteiger partial charge in [0.05, 0.1) is 13.3 Å². The van der Waals surface area contributed by atoms with Crippen molar-refractivity contribution in [3.05, 3.63) is 54.1 Å². The van der Waals surface area contributed by atoms with Crippen LogP contribution in [0.4, 0.5) is 24.7 Å². The van der Waals surface area contributed by atoms with Crippen molar-refractivity contribution in [2.24, 2.45) is 0 Å². The molecule has 0 bridgehead atoms. The lowest BCUT2D eigenvalue weighted by molar-refractivity contribution is -0.141. The summed E-state index contributed by atoms with van der Waals surface area (Å²) in [5.74, 6) is 0.946. The quantitative estimate of drug-likeness (QED) is 0.691. The summed E-state index contributed by atoms with van der Waals surface area (Å²) < 4.78 is 45.3. The van der Waals surface area contributed by atoms with Crippen LogP contribution in [0.3, 0.4) is 0 Å². The molecule has 0 unspecified atom stereocenters. The number of rotatable bonds is 5. The fourth-order valence-corrected chi connectivity index (χ4v) is 2.80. The number of nitrogens with one attached hydrogen (secondary N) is 1.